The topological polar surface area (TPSA) is 96.0 Å². The molecule has 1 N–H and O–H groups in total. The van der Waals surface area contributed by atoms with Crippen LogP contribution >= 0.6 is 0 Å². The molecule has 174 valence electrons. The Balaban J connectivity index is 2.06. The van der Waals surface area contributed by atoms with Gasteiger partial charge in [0, 0.05) is 21.2 Å². The number of nitrogens with zero attached hydrogens (tertiary/aromatic N) is 2. The van der Waals surface area contributed by atoms with Gasteiger partial charge in [0.15, 0.2) is 0 Å². The van der Waals surface area contributed by atoms with Crippen LogP contribution in [0, 0.1) is 6.92 Å². The average molecular weight is 470 g/mol. The molecule has 0 aromatic heterocycles. The minimum atomic E-state index is -3.87. The van der Waals surface area contributed by atoms with Gasteiger partial charge in [-0.2, -0.15) is 8.42 Å². The Morgan fingerprint density at radius 2 is 1.87 bits per heavy atom. The maximum Gasteiger partial charge on any atom is 0.407 e. The van der Waals surface area contributed by atoms with Crippen molar-refractivity contribution in [3.05, 3.63) is 29.3 Å². The summed E-state index contributed by atoms with van der Waals surface area (Å²) < 4.78 is 33.4. The number of alkyl carbamates (subject to hydrolysis) is 1. The van der Waals surface area contributed by atoms with Crippen molar-refractivity contribution < 1.29 is 22.7 Å². The van der Waals surface area contributed by atoms with Gasteiger partial charge in [0.25, 0.3) is 5.91 Å². The quantitative estimate of drug-likeness (QED) is 0.618. The molecule has 2 rings (SSSR count). The van der Waals surface area contributed by atoms with Gasteiger partial charge < -0.3 is 10.1 Å². The van der Waals surface area contributed by atoms with E-state index < -0.39 is 30.0 Å². The zero-order valence-corrected chi connectivity index (χ0v) is 21.4. The normalized spacial score (nSPS) is 16.5. The van der Waals surface area contributed by atoms with Crippen molar-refractivity contribution >= 4 is 36.0 Å². The first-order valence-electron chi connectivity index (χ1n) is 10.5. The number of anilines is 1. The molecule has 1 aromatic rings. The standard InChI is InChI=1S/C21H35N3O5SSi/c1-16-14-17(10-11-22-20(26)29-21(2,3)4)8-9-18(16)24-15-19(25)23(30(24,27)28)12-13-31(5,6)7/h8-9,14H,10-13,15H2,1-7H3,(H,22,26). The van der Waals surface area contributed by atoms with E-state index in [0.717, 1.165) is 21.5 Å². The monoisotopic (exact) mass is 469 g/mol. The number of hydrogen-bond donors (Lipinski definition) is 1. The van der Waals surface area contributed by atoms with Crippen molar-refractivity contribution in [1.29, 1.82) is 0 Å². The van der Waals surface area contributed by atoms with Gasteiger partial charge in [-0.1, -0.05) is 31.8 Å². The van der Waals surface area contributed by atoms with Gasteiger partial charge in [0.1, 0.15) is 12.1 Å². The molecular weight excluding hydrogens is 434 g/mol. The fourth-order valence-corrected chi connectivity index (χ4v) is 5.85. The summed E-state index contributed by atoms with van der Waals surface area (Å²) in [5, 5.41) is 2.71. The predicted molar refractivity (Wildman–Crippen MR) is 125 cm³/mol. The molecule has 0 bridgehead atoms. The van der Waals surface area contributed by atoms with Crippen LogP contribution in [0.2, 0.25) is 25.7 Å². The van der Waals surface area contributed by atoms with Gasteiger partial charge in [0.2, 0.25) is 0 Å². The molecule has 0 radical (unpaired) electrons. The van der Waals surface area contributed by atoms with E-state index in [1.807, 2.05) is 19.1 Å². The molecule has 0 unspecified atom stereocenters. The molecule has 2 amide bonds. The predicted octanol–water partition coefficient (Wildman–Crippen LogP) is 3.29. The summed E-state index contributed by atoms with van der Waals surface area (Å²) >= 11 is 0. The molecule has 1 saturated heterocycles. The summed E-state index contributed by atoms with van der Waals surface area (Å²) in [6.07, 6.45) is 0.106. The van der Waals surface area contributed by atoms with E-state index in [-0.39, 0.29) is 19.0 Å². The van der Waals surface area contributed by atoms with E-state index in [4.69, 9.17) is 4.74 Å². The number of ether oxygens (including phenoxy) is 1. The number of rotatable bonds is 7. The van der Waals surface area contributed by atoms with Crippen LogP contribution in [-0.4, -0.2) is 58.0 Å². The van der Waals surface area contributed by atoms with Crippen LogP contribution in [0.4, 0.5) is 10.5 Å². The number of aryl methyl sites for hydroxylation is 1. The highest BCUT2D eigenvalue weighted by atomic mass is 32.2. The minimum Gasteiger partial charge on any atom is -0.444 e. The zero-order valence-electron chi connectivity index (χ0n) is 19.6. The number of carbonyl (C=O) groups is 2. The Bertz CT molecular complexity index is 935. The van der Waals surface area contributed by atoms with Crippen LogP contribution < -0.4 is 9.62 Å². The third kappa shape index (κ3) is 6.96. The number of carbonyl (C=O) groups excluding carboxylic acids is 2. The average Bonchev–Trinajstić information content (AvgIpc) is 2.79. The van der Waals surface area contributed by atoms with E-state index in [0.29, 0.717) is 18.7 Å². The highest BCUT2D eigenvalue weighted by Gasteiger charge is 2.43. The van der Waals surface area contributed by atoms with Crippen LogP contribution in [0.1, 0.15) is 31.9 Å². The lowest BCUT2D eigenvalue weighted by atomic mass is 10.1. The molecule has 0 aliphatic carbocycles. The second-order valence-electron chi connectivity index (χ2n) is 10.1. The van der Waals surface area contributed by atoms with Crippen LogP contribution in [0.3, 0.4) is 0 Å². The van der Waals surface area contributed by atoms with E-state index in [2.05, 4.69) is 25.0 Å². The largest absolute Gasteiger partial charge is 0.444 e. The van der Waals surface area contributed by atoms with Crippen LogP contribution in [0.15, 0.2) is 18.2 Å². The first-order valence-corrected chi connectivity index (χ1v) is 15.6. The maximum atomic E-state index is 13.0. The SMILES string of the molecule is Cc1cc(CCNC(=O)OC(C)(C)C)ccc1N1CC(=O)N(CC[Si](C)(C)C)S1(=O)=O. The summed E-state index contributed by atoms with van der Waals surface area (Å²) in [5.74, 6) is -0.386. The summed E-state index contributed by atoms with van der Waals surface area (Å²) in [7, 11) is -5.35. The lowest BCUT2D eigenvalue weighted by Gasteiger charge is -2.23. The molecule has 0 saturated carbocycles. The van der Waals surface area contributed by atoms with Crippen molar-refractivity contribution in [2.75, 3.05) is 23.9 Å². The third-order valence-electron chi connectivity index (χ3n) is 4.79. The second kappa shape index (κ2) is 9.19. The molecule has 0 spiro atoms. The number of hydrogen-bond acceptors (Lipinski definition) is 5. The molecular formula is C21H35N3O5SSi. The van der Waals surface area contributed by atoms with Gasteiger partial charge in [-0.25, -0.2) is 13.4 Å². The van der Waals surface area contributed by atoms with Crippen molar-refractivity contribution in [3.8, 4) is 0 Å². The third-order valence-corrected chi connectivity index (χ3v) is 8.34. The Kier molecular flexibility index (Phi) is 7.47. The van der Waals surface area contributed by atoms with Gasteiger partial charge in [-0.05, 0) is 57.4 Å². The maximum absolute atomic E-state index is 13.0. The number of amides is 2. The van der Waals surface area contributed by atoms with E-state index in [9.17, 15) is 18.0 Å². The lowest BCUT2D eigenvalue weighted by molar-refractivity contribution is -0.123. The highest BCUT2D eigenvalue weighted by molar-refractivity contribution is 7.91. The van der Waals surface area contributed by atoms with Crippen molar-refractivity contribution in [1.82, 2.24) is 9.62 Å². The van der Waals surface area contributed by atoms with E-state index in [1.54, 1.807) is 26.8 Å². The molecule has 31 heavy (non-hydrogen) atoms. The van der Waals surface area contributed by atoms with Gasteiger partial charge in [-0.3, -0.25) is 4.79 Å². The summed E-state index contributed by atoms with van der Waals surface area (Å²) in [6.45, 7) is 14.2. The Morgan fingerprint density at radius 1 is 1.23 bits per heavy atom. The number of nitrogens with one attached hydrogen (secondary N) is 1. The molecule has 1 aromatic carbocycles. The van der Waals surface area contributed by atoms with Crippen molar-refractivity contribution in [3.63, 3.8) is 0 Å². The summed E-state index contributed by atoms with van der Waals surface area (Å²) in [4.78, 5) is 24.2. The first kappa shape index (κ1) is 25.2. The summed E-state index contributed by atoms with van der Waals surface area (Å²) in [6, 6.07) is 6.17. The lowest BCUT2D eigenvalue weighted by Crippen LogP contribution is -2.37. The molecule has 0 atom stereocenters. The van der Waals surface area contributed by atoms with Crippen LogP contribution in [0.25, 0.3) is 0 Å². The minimum absolute atomic E-state index is 0.172. The van der Waals surface area contributed by atoms with Gasteiger partial charge >= 0.3 is 16.3 Å². The smallest absolute Gasteiger partial charge is 0.407 e. The van der Waals surface area contributed by atoms with Gasteiger partial charge in [-0.15, -0.1) is 0 Å². The zero-order chi connectivity index (χ0) is 23.6. The van der Waals surface area contributed by atoms with Gasteiger partial charge in [0.05, 0.1) is 5.69 Å². The fraction of sp³-hybridized carbons (Fsp3) is 0.619. The highest BCUT2D eigenvalue weighted by Crippen LogP contribution is 2.30. The van der Waals surface area contributed by atoms with E-state index in [1.165, 1.54) is 4.31 Å². The molecule has 1 aliphatic rings. The van der Waals surface area contributed by atoms with E-state index >= 15 is 0 Å². The first-order chi connectivity index (χ1) is 14.1. The summed E-state index contributed by atoms with van der Waals surface area (Å²) in [5.41, 5.74) is 1.67. The molecule has 1 aliphatic heterocycles. The Hall–Kier alpha value is -2.07. The second-order valence-corrected chi connectivity index (χ2v) is 17.5. The fourth-order valence-electron chi connectivity index (χ4n) is 3.19. The van der Waals surface area contributed by atoms with Crippen LogP contribution in [-0.2, 0) is 26.2 Å². The van der Waals surface area contributed by atoms with Crippen molar-refractivity contribution in [2.45, 2.75) is 65.4 Å². The Morgan fingerprint density at radius 3 is 2.42 bits per heavy atom. The molecule has 1 fully saturated rings. The van der Waals surface area contributed by atoms with Crippen LogP contribution in [0.5, 0.6) is 0 Å². The Labute approximate surface area is 187 Å². The number of benzene rings is 1. The van der Waals surface area contributed by atoms with Crippen molar-refractivity contribution in [2.24, 2.45) is 0 Å². The molecule has 8 nitrogen and oxygen atoms in total. The molecule has 1 heterocycles. The molecule has 10 heteroatoms.